The number of carbonyl (C=O) groups excluding carboxylic acids is 2. The molecule has 2 unspecified atom stereocenters. The molecule has 2 aromatic heterocycles. The van der Waals surface area contributed by atoms with Crippen LogP contribution in [0, 0.1) is 5.92 Å². The Bertz CT molecular complexity index is 1630. The molecule has 1 amide bonds. The summed E-state index contributed by atoms with van der Waals surface area (Å²) < 4.78 is 44.4. The van der Waals surface area contributed by atoms with Crippen LogP contribution < -0.4 is 5.32 Å². The van der Waals surface area contributed by atoms with Crippen molar-refractivity contribution in [1.29, 1.82) is 0 Å². The summed E-state index contributed by atoms with van der Waals surface area (Å²) in [4.78, 5) is 41.0. The molecule has 41 heavy (non-hydrogen) atoms. The molecule has 0 bridgehead atoms. The Labute approximate surface area is 242 Å². The minimum atomic E-state index is -4.75. The first kappa shape index (κ1) is 28.9. The highest BCUT2D eigenvalue weighted by Gasteiger charge is 2.36. The molecule has 3 atom stereocenters. The predicted octanol–water partition coefficient (Wildman–Crippen LogP) is 6.15. The molecule has 0 saturated carbocycles. The normalized spacial score (nSPS) is 16.4. The van der Waals surface area contributed by atoms with Crippen molar-refractivity contribution >= 4 is 52.8 Å². The number of amides is 1. The number of aromatic nitrogens is 4. The van der Waals surface area contributed by atoms with Crippen molar-refractivity contribution in [1.82, 2.24) is 24.8 Å². The van der Waals surface area contributed by atoms with Crippen LogP contribution in [0.1, 0.15) is 58.6 Å². The number of aliphatic imine (C=N–C) groups is 1. The van der Waals surface area contributed by atoms with E-state index in [1.807, 2.05) is 6.26 Å². The second kappa shape index (κ2) is 11.7. The number of halogens is 4. The van der Waals surface area contributed by atoms with Gasteiger partial charge in [0, 0.05) is 29.1 Å². The Morgan fingerprint density at radius 3 is 2.83 bits per heavy atom. The molecule has 0 aliphatic carbocycles. The van der Waals surface area contributed by atoms with Crippen LogP contribution in [0.5, 0.6) is 0 Å². The molecule has 5 rings (SSSR count). The number of imidazole rings is 2. The van der Waals surface area contributed by atoms with Gasteiger partial charge in [0.15, 0.2) is 0 Å². The number of rotatable bonds is 9. The third kappa shape index (κ3) is 5.89. The molecule has 4 aromatic rings. The number of alkyl halides is 3. The highest BCUT2D eigenvalue weighted by Crippen LogP contribution is 2.37. The van der Waals surface area contributed by atoms with Gasteiger partial charge < -0.3 is 19.7 Å². The van der Waals surface area contributed by atoms with Crippen molar-refractivity contribution in [2.45, 2.75) is 38.0 Å². The molecule has 1 aliphatic heterocycles. The fourth-order valence-electron chi connectivity index (χ4n) is 4.86. The molecular formula is C28H26ClF3N6O2S. The second-order valence-corrected chi connectivity index (χ2v) is 11.2. The van der Waals surface area contributed by atoms with Crippen LogP contribution in [0.15, 0.2) is 47.7 Å². The highest BCUT2D eigenvalue weighted by molar-refractivity contribution is 7.98. The van der Waals surface area contributed by atoms with E-state index in [2.05, 4.69) is 25.3 Å². The average molecular weight is 603 g/mol. The van der Waals surface area contributed by atoms with Gasteiger partial charge in [-0.05, 0) is 54.8 Å². The van der Waals surface area contributed by atoms with Gasteiger partial charge in [-0.15, -0.1) is 0 Å². The Morgan fingerprint density at radius 2 is 2.10 bits per heavy atom. The number of nitrogens with zero attached hydrogens (tertiary/aromatic N) is 4. The van der Waals surface area contributed by atoms with E-state index >= 15 is 0 Å². The zero-order valence-electron chi connectivity index (χ0n) is 22.1. The maximum absolute atomic E-state index is 14.4. The number of benzene rings is 2. The Morgan fingerprint density at radius 1 is 1.29 bits per heavy atom. The molecule has 2 aromatic carbocycles. The van der Waals surface area contributed by atoms with Gasteiger partial charge in [0.1, 0.15) is 18.2 Å². The second-order valence-electron chi connectivity index (χ2n) is 9.74. The van der Waals surface area contributed by atoms with E-state index in [0.717, 1.165) is 12.4 Å². The lowest BCUT2D eigenvalue weighted by atomic mass is 9.96. The van der Waals surface area contributed by atoms with Gasteiger partial charge in [0.25, 0.3) is 5.91 Å². The van der Waals surface area contributed by atoms with Crippen LogP contribution in [0.3, 0.4) is 0 Å². The minimum Gasteiger partial charge on any atom is -0.342 e. The van der Waals surface area contributed by atoms with E-state index in [1.54, 1.807) is 43.1 Å². The fourth-order valence-corrected chi connectivity index (χ4v) is 5.51. The molecule has 8 nitrogen and oxygen atoms in total. The first-order valence-electron chi connectivity index (χ1n) is 12.8. The van der Waals surface area contributed by atoms with Gasteiger partial charge in [-0.3, -0.25) is 9.79 Å². The molecule has 0 radical (unpaired) electrons. The average Bonchev–Trinajstić information content (AvgIpc) is 3.58. The van der Waals surface area contributed by atoms with Crippen molar-refractivity contribution in [2.24, 2.45) is 10.9 Å². The van der Waals surface area contributed by atoms with Gasteiger partial charge in [0.2, 0.25) is 0 Å². The molecule has 1 aliphatic rings. The number of hydrogen-bond acceptors (Lipinski definition) is 6. The number of hydrogen-bond donors (Lipinski definition) is 2. The summed E-state index contributed by atoms with van der Waals surface area (Å²) in [6, 6.07) is 7.53. The lowest BCUT2D eigenvalue weighted by molar-refractivity contribution is -0.137. The van der Waals surface area contributed by atoms with Gasteiger partial charge in [-0.2, -0.15) is 24.9 Å². The van der Waals surface area contributed by atoms with Crippen molar-refractivity contribution in [2.75, 3.05) is 12.0 Å². The van der Waals surface area contributed by atoms with Gasteiger partial charge in [-0.1, -0.05) is 18.5 Å². The van der Waals surface area contributed by atoms with Crippen molar-refractivity contribution < 1.29 is 22.8 Å². The number of carbonyl (C=O) groups is 2. The van der Waals surface area contributed by atoms with Crippen LogP contribution >= 0.6 is 23.4 Å². The van der Waals surface area contributed by atoms with Gasteiger partial charge >= 0.3 is 6.18 Å². The maximum Gasteiger partial charge on any atom is 0.418 e. The molecule has 0 spiro atoms. The Hall–Kier alpha value is -3.64. The van der Waals surface area contributed by atoms with E-state index < -0.39 is 35.6 Å². The fraction of sp³-hybridized carbons (Fsp3) is 0.321. The number of H-pyrrole nitrogens is 1. The van der Waals surface area contributed by atoms with Gasteiger partial charge in [0.05, 0.1) is 46.0 Å². The molecule has 0 fully saturated rings. The van der Waals surface area contributed by atoms with Crippen LogP contribution in [0.4, 0.5) is 13.2 Å². The van der Waals surface area contributed by atoms with Gasteiger partial charge in [-0.25, -0.2) is 9.97 Å². The van der Waals surface area contributed by atoms with Crippen LogP contribution in [-0.4, -0.2) is 49.9 Å². The lowest BCUT2D eigenvalue weighted by Crippen LogP contribution is -2.30. The first-order valence-corrected chi connectivity index (χ1v) is 14.6. The smallest absolute Gasteiger partial charge is 0.342 e. The third-order valence-corrected chi connectivity index (χ3v) is 7.85. The maximum atomic E-state index is 14.4. The molecule has 214 valence electrons. The standard InChI is InChI=1S/C28H26ClF3N6O2S/c1-15(13-39)24-25-23(7-9-33-24)38(14-34-25)22-6-3-16(11-18(22)28(30,31)32)27(40)37-20(8-10-41-2)26-35-19-5-4-17(29)12-21(19)36-26/h3-6,9,11-15,20,24H,7-8,10H2,1-2H3,(H,35,36)(H,37,40)/t15?,20-,24?/m0/s1. The molecule has 3 heterocycles. The van der Waals surface area contributed by atoms with Crippen molar-refractivity contribution in [3.63, 3.8) is 0 Å². The van der Waals surface area contributed by atoms with Crippen molar-refractivity contribution in [3.05, 3.63) is 76.1 Å². The molecular weight excluding hydrogens is 577 g/mol. The molecule has 2 N–H and O–H groups in total. The van der Waals surface area contributed by atoms with Crippen LogP contribution in [0.2, 0.25) is 5.02 Å². The molecule has 13 heteroatoms. The van der Waals surface area contributed by atoms with E-state index in [1.165, 1.54) is 23.0 Å². The summed E-state index contributed by atoms with van der Waals surface area (Å²) in [5.74, 6) is 0.0351. The van der Waals surface area contributed by atoms with E-state index in [4.69, 9.17) is 11.6 Å². The largest absolute Gasteiger partial charge is 0.418 e. The zero-order valence-corrected chi connectivity index (χ0v) is 23.6. The van der Waals surface area contributed by atoms with Crippen LogP contribution in [-0.2, 0) is 17.4 Å². The summed E-state index contributed by atoms with van der Waals surface area (Å²) in [7, 11) is 0. The third-order valence-electron chi connectivity index (χ3n) is 6.97. The predicted molar refractivity (Wildman–Crippen MR) is 153 cm³/mol. The van der Waals surface area contributed by atoms with E-state index in [9.17, 15) is 22.8 Å². The highest BCUT2D eigenvalue weighted by atomic mass is 35.5. The number of fused-ring (bicyclic) bond motifs is 2. The Kier molecular flexibility index (Phi) is 8.23. The van der Waals surface area contributed by atoms with E-state index in [0.29, 0.717) is 45.4 Å². The number of nitrogens with one attached hydrogen (secondary N) is 2. The summed E-state index contributed by atoms with van der Waals surface area (Å²) in [6.07, 6.45) is 1.58. The summed E-state index contributed by atoms with van der Waals surface area (Å²) >= 11 is 7.66. The lowest BCUT2D eigenvalue weighted by Gasteiger charge is -2.21. The first-order chi connectivity index (χ1) is 19.6. The number of aromatic amines is 1. The monoisotopic (exact) mass is 602 g/mol. The SMILES string of the molecule is CSCC[C@H](NC(=O)c1ccc(-n2cnc3c2CC=NC3C(C)C=O)c(C(F)(F)F)c1)c1nc2ccc(Cl)cc2[nH]1. The van der Waals surface area contributed by atoms with E-state index in [-0.39, 0.29) is 17.7 Å². The number of aldehydes is 1. The zero-order chi connectivity index (χ0) is 29.3. The van der Waals surface area contributed by atoms with Crippen LogP contribution in [0.25, 0.3) is 16.7 Å². The number of thioether (sulfide) groups is 1. The summed E-state index contributed by atoms with van der Waals surface area (Å²) in [5, 5.41) is 3.38. The Balaban J connectivity index is 1.48. The topological polar surface area (TPSA) is 105 Å². The minimum absolute atomic E-state index is 0.141. The molecule has 0 saturated heterocycles. The van der Waals surface area contributed by atoms with Crippen molar-refractivity contribution in [3.8, 4) is 5.69 Å². The quantitative estimate of drug-likeness (QED) is 0.224. The summed E-state index contributed by atoms with van der Waals surface area (Å²) in [5.41, 5.74) is 1.05. The summed E-state index contributed by atoms with van der Waals surface area (Å²) in [6.45, 7) is 1.69.